The summed E-state index contributed by atoms with van der Waals surface area (Å²) in [4.78, 5) is 12.6. The summed E-state index contributed by atoms with van der Waals surface area (Å²) in [6.07, 6.45) is 1.41. The van der Waals surface area contributed by atoms with Crippen LogP contribution in [0.2, 0.25) is 10.0 Å². The predicted molar refractivity (Wildman–Crippen MR) is 135 cm³/mol. The minimum absolute atomic E-state index is 0.0920. The maximum atomic E-state index is 12.6. The fourth-order valence-electron chi connectivity index (χ4n) is 3.34. The Kier molecular flexibility index (Phi) is 8.98. The molecule has 0 aliphatic carbocycles. The predicted octanol–water partition coefficient (Wildman–Crippen LogP) is 6.29. The molecule has 0 radical (unpaired) electrons. The Balaban J connectivity index is 1.70. The zero-order chi connectivity index (χ0) is 24.5. The molecule has 174 valence electrons. The average molecular weight is 495 g/mol. The summed E-state index contributed by atoms with van der Waals surface area (Å²) < 4.78 is 11.6. The van der Waals surface area contributed by atoms with Gasteiger partial charge in [0.2, 0.25) is 0 Å². The summed E-state index contributed by atoms with van der Waals surface area (Å²) >= 11 is 12.5. The number of aryl methyl sites for hydroxylation is 2. The van der Waals surface area contributed by atoms with E-state index in [0.717, 1.165) is 22.4 Å². The monoisotopic (exact) mass is 494 g/mol. The highest BCUT2D eigenvalue weighted by Gasteiger charge is 2.14. The van der Waals surface area contributed by atoms with Gasteiger partial charge in [0.25, 0.3) is 5.91 Å². The van der Waals surface area contributed by atoms with Crippen molar-refractivity contribution in [3.63, 3.8) is 0 Å². The van der Waals surface area contributed by atoms with Gasteiger partial charge in [0, 0.05) is 17.1 Å². The third-order valence-electron chi connectivity index (χ3n) is 4.79. The topological polar surface area (TPSA) is 71.3 Å². The van der Waals surface area contributed by atoms with Crippen molar-refractivity contribution >= 4 is 35.2 Å². The number of nitrogens with zero attached hydrogens (tertiary/aromatic N) is 1. The smallest absolute Gasteiger partial charge is 0.262 e. The summed E-state index contributed by atoms with van der Waals surface area (Å²) in [6.45, 7) is 4.80. The summed E-state index contributed by atoms with van der Waals surface area (Å²) in [5.74, 6) is 0.565. The van der Waals surface area contributed by atoms with Crippen LogP contribution in [0.4, 0.5) is 0 Å². The lowest BCUT2D eigenvalue weighted by Crippen LogP contribution is -2.23. The normalized spacial score (nSPS) is 11.0. The van der Waals surface area contributed by atoms with Crippen molar-refractivity contribution in [1.29, 1.82) is 5.26 Å². The molecule has 0 fully saturated rings. The van der Waals surface area contributed by atoms with E-state index in [4.69, 9.17) is 32.7 Å². The number of hydrogen-bond donors (Lipinski definition) is 1. The van der Waals surface area contributed by atoms with E-state index in [1.165, 1.54) is 6.08 Å². The number of rotatable bonds is 9. The maximum absolute atomic E-state index is 12.6. The second-order valence-corrected chi connectivity index (χ2v) is 8.51. The first-order chi connectivity index (χ1) is 16.4. The van der Waals surface area contributed by atoms with Crippen LogP contribution in [0.1, 0.15) is 22.3 Å². The highest BCUT2D eigenvalue weighted by atomic mass is 35.5. The van der Waals surface area contributed by atoms with E-state index >= 15 is 0 Å². The number of amides is 1. The number of carbonyl (C=O) groups is 1. The van der Waals surface area contributed by atoms with Crippen molar-refractivity contribution < 1.29 is 14.3 Å². The fourth-order valence-corrected chi connectivity index (χ4v) is 3.90. The van der Waals surface area contributed by atoms with Crippen LogP contribution >= 0.6 is 23.2 Å². The van der Waals surface area contributed by atoms with E-state index in [9.17, 15) is 10.1 Å². The van der Waals surface area contributed by atoms with Crippen molar-refractivity contribution in [1.82, 2.24) is 5.32 Å². The third kappa shape index (κ3) is 7.28. The van der Waals surface area contributed by atoms with Gasteiger partial charge in [0.15, 0.2) is 0 Å². The van der Waals surface area contributed by atoms with E-state index in [1.807, 2.05) is 62.4 Å². The lowest BCUT2D eigenvalue weighted by Gasteiger charge is -2.13. The molecule has 0 spiro atoms. The average Bonchev–Trinajstić information content (AvgIpc) is 2.79. The van der Waals surface area contributed by atoms with Gasteiger partial charge in [0.1, 0.15) is 36.4 Å². The van der Waals surface area contributed by atoms with Crippen molar-refractivity contribution in [3.8, 4) is 17.6 Å². The largest absolute Gasteiger partial charge is 0.490 e. The Morgan fingerprint density at radius 1 is 1.00 bits per heavy atom. The van der Waals surface area contributed by atoms with E-state index in [1.54, 1.807) is 12.1 Å². The van der Waals surface area contributed by atoms with Crippen LogP contribution in [0.5, 0.6) is 11.5 Å². The van der Waals surface area contributed by atoms with Crippen LogP contribution in [0.15, 0.2) is 66.2 Å². The van der Waals surface area contributed by atoms with Crippen LogP contribution < -0.4 is 14.8 Å². The zero-order valence-corrected chi connectivity index (χ0v) is 20.4. The van der Waals surface area contributed by atoms with Crippen molar-refractivity contribution in [2.45, 2.75) is 20.4 Å². The molecule has 5 nitrogen and oxygen atoms in total. The molecule has 0 aromatic heterocycles. The van der Waals surface area contributed by atoms with Crippen LogP contribution in [0.25, 0.3) is 6.08 Å². The van der Waals surface area contributed by atoms with Crippen LogP contribution in [0.3, 0.4) is 0 Å². The molecule has 0 aliphatic heterocycles. The Labute approximate surface area is 209 Å². The lowest BCUT2D eigenvalue weighted by molar-refractivity contribution is -0.117. The van der Waals surface area contributed by atoms with E-state index in [-0.39, 0.29) is 23.8 Å². The molecular weight excluding hydrogens is 471 g/mol. The summed E-state index contributed by atoms with van der Waals surface area (Å²) in [6, 6.07) is 20.5. The van der Waals surface area contributed by atoms with Gasteiger partial charge in [-0.25, -0.2) is 0 Å². The maximum Gasteiger partial charge on any atom is 0.262 e. The summed E-state index contributed by atoms with van der Waals surface area (Å²) in [5, 5.41) is 12.9. The molecule has 0 atom stereocenters. The van der Waals surface area contributed by atoms with Gasteiger partial charge >= 0.3 is 0 Å². The van der Waals surface area contributed by atoms with Gasteiger partial charge in [-0.05, 0) is 60.9 Å². The van der Waals surface area contributed by atoms with Gasteiger partial charge in [-0.2, -0.15) is 5.26 Å². The Bertz CT molecular complexity index is 1210. The number of carbonyl (C=O) groups excluding carboxylic acids is 1. The van der Waals surface area contributed by atoms with Gasteiger partial charge in [-0.15, -0.1) is 0 Å². The van der Waals surface area contributed by atoms with E-state index in [0.29, 0.717) is 22.9 Å². The fraction of sp³-hybridized carbons (Fsp3) is 0.185. The second kappa shape index (κ2) is 12.1. The number of nitriles is 1. The Hall–Kier alpha value is -3.46. The third-order valence-corrected chi connectivity index (χ3v) is 5.29. The molecule has 7 heteroatoms. The quantitative estimate of drug-likeness (QED) is 0.215. The molecule has 0 unspecified atom stereocenters. The first-order valence-electron chi connectivity index (χ1n) is 10.6. The number of nitrogens with one attached hydrogen (secondary N) is 1. The first kappa shape index (κ1) is 25.2. The van der Waals surface area contributed by atoms with Crippen molar-refractivity contribution in [2.24, 2.45) is 0 Å². The van der Waals surface area contributed by atoms with Crippen molar-refractivity contribution in [3.05, 3.63) is 98.5 Å². The molecule has 3 rings (SSSR count). The Morgan fingerprint density at radius 2 is 1.68 bits per heavy atom. The molecule has 0 saturated carbocycles. The number of hydrogen-bond acceptors (Lipinski definition) is 4. The van der Waals surface area contributed by atoms with Crippen molar-refractivity contribution in [2.75, 3.05) is 13.2 Å². The molecule has 1 N–H and O–H groups in total. The van der Waals surface area contributed by atoms with Gasteiger partial charge in [-0.3, -0.25) is 4.79 Å². The highest BCUT2D eigenvalue weighted by Crippen LogP contribution is 2.34. The molecular formula is C27H24Cl2N2O3. The molecule has 3 aromatic rings. The van der Waals surface area contributed by atoms with Gasteiger partial charge in [-0.1, -0.05) is 59.6 Å². The molecule has 34 heavy (non-hydrogen) atoms. The molecule has 0 bridgehead atoms. The zero-order valence-electron chi connectivity index (χ0n) is 18.9. The second-order valence-electron chi connectivity index (χ2n) is 7.66. The standard InChI is InChI=1S/C27H24Cl2N2O3/c1-18-10-19(2)12-24(11-18)33-8-9-34-26-21(14-23(28)15-25(26)29)13-22(16-30)27(32)31-17-20-6-4-3-5-7-20/h3-7,10-15H,8-9,17H2,1-2H3,(H,31,32). The minimum Gasteiger partial charge on any atom is -0.490 e. The summed E-state index contributed by atoms with van der Waals surface area (Å²) in [7, 11) is 0. The highest BCUT2D eigenvalue weighted by molar-refractivity contribution is 6.36. The minimum atomic E-state index is -0.508. The molecule has 1 amide bonds. The van der Waals surface area contributed by atoms with Crippen LogP contribution in [0, 0.1) is 25.2 Å². The SMILES string of the molecule is Cc1cc(C)cc(OCCOc2c(Cl)cc(Cl)cc2C=C(C#N)C(=O)NCc2ccccc2)c1. The number of benzene rings is 3. The Morgan fingerprint density at radius 3 is 2.35 bits per heavy atom. The van der Waals surface area contributed by atoms with E-state index < -0.39 is 5.91 Å². The van der Waals surface area contributed by atoms with Gasteiger partial charge in [0.05, 0.1) is 5.02 Å². The number of ether oxygens (including phenoxy) is 2. The summed E-state index contributed by atoms with van der Waals surface area (Å²) in [5.41, 5.74) is 3.48. The molecule has 0 saturated heterocycles. The molecule has 0 aliphatic rings. The van der Waals surface area contributed by atoms with Crippen LogP contribution in [-0.4, -0.2) is 19.1 Å². The molecule has 0 heterocycles. The molecule has 3 aromatic carbocycles. The first-order valence-corrected chi connectivity index (χ1v) is 11.4. The van der Waals surface area contributed by atoms with Gasteiger partial charge < -0.3 is 14.8 Å². The lowest BCUT2D eigenvalue weighted by atomic mass is 10.1. The van der Waals surface area contributed by atoms with Crippen LogP contribution in [-0.2, 0) is 11.3 Å². The van der Waals surface area contributed by atoms with E-state index in [2.05, 4.69) is 11.4 Å². The number of halogens is 2.